The number of benzene rings is 2. The van der Waals surface area contributed by atoms with Crippen molar-refractivity contribution in [1.29, 1.82) is 0 Å². The third kappa shape index (κ3) is 5.16. The molecule has 0 aliphatic carbocycles. The summed E-state index contributed by atoms with van der Waals surface area (Å²) in [7, 11) is 3.48. The molecule has 29 heavy (non-hydrogen) atoms. The average Bonchev–Trinajstić information content (AvgIpc) is 3.17. The number of carbonyl (C=O) groups excluding carboxylic acids is 1. The lowest BCUT2D eigenvalue weighted by Gasteiger charge is -2.18. The Labute approximate surface area is 169 Å². The summed E-state index contributed by atoms with van der Waals surface area (Å²) < 4.78 is 11.4. The smallest absolute Gasteiger partial charge is 0.267 e. The van der Waals surface area contributed by atoms with Crippen molar-refractivity contribution in [2.75, 3.05) is 20.8 Å². The summed E-state index contributed by atoms with van der Waals surface area (Å²) in [6.07, 6.45) is 5.66. The number of likely N-dealkylation sites (N-methyl/N-ethyl adjacent to an activating group) is 1. The Morgan fingerprint density at radius 1 is 1.24 bits per heavy atom. The summed E-state index contributed by atoms with van der Waals surface area (Å²) >= 11 is 0. The molecule has 2 aromatic carbocycles. The number of methoxy groups -OCH3 is 1. The fourth-order valence-corrected chi connectivity index (χ4v) is 3.12. The van der Waals surface area contributed by atoms with Gasteiger partial charge >= 0.3 is 0 Å². The molecular formula is C22H25N3O4. The molecule has 0 spiro atoms. The molecule has 0 bridgehead atoms. The second-order valence-corrected chi connectivity index (χ2v) is 6.58. The van der Waals surface area contributed by atoms with E-state index in [-0.39, 0.29) is 6.04 Å². The number of amides is 1. The van der Waals surface area contributed by atoms with E-state index in [4.69, 9.17) is 14.7 Å². The molecule has 4 N–H and O–H groups in total. The maximum absolute atomic E-state index is 11.1. The highest BCUT2D eigenvalue weighted by Gasteiger charge is 2.13. The van der Waals surface area contributed by atoms with Crippen molar-refractivity contribution < 1.29 is 19.5 Å². The van der Waals surface area contributed by atoms with Crippen LogP contribution in [0.5, 0.6) is 11.5 Å². The van der Waals surface area contributed by atoms with Gasteiger partial charge in [0.1, 0.15) is 6.61 Å². The van der Waals surface area contributed by atoms with Gasteiger partial charge < -0.3 is 19.8 Å². The summed E-state index contributed by atoms with van der Waals surface area (Å²) in [6, 6.07) is 13.7. The number of hydrogen-bond acceptors (Lipinski definition) is 5. The van der Waals surface area contributed by atoms with Crippen LogP contribution in [0.25, 0.3) is 17.0 Å². The molecule has 0 radical (unpaired) electrons. The lowest BCUT2D eigenvalue weighted by molar-refractivity contribution is -0.124. The third-order valence-electron chi connectivity index (χ3n) is 4.71. The highest BCUT2D eigenvalue weighted by atomic mass is 16.5. The number of aromatic amines is 1. The molecule has 3 rings (SSSR count). The standard InChI is InChI=1S/C22H25N3O4/c1-23-17(12-16-13-24-19-6-4-3-5-18(16)19)14-29-20-9-7-15(11-21(20)28-2)8-10-22(26)25-27/h3-11,13,17,23-24,27H,12,14H2,1-2H3,(H,25,26)/b10-8+/t17-/m0/s1. The fraction of sp³-hybridized carbons (Fsp3) is 0.227. The van der Waals surface area contributed by atoms with Crippen LogP contribution in [-0.4, -0.2) is 42.9 Å². The van der Waals surface area contributed by atoms with Crippen LogP contribution in [0.3, 0.4) is 0 Å². The Kier molecular flexibility index (Phi) is 6.89. The molecule has 0 aliphatic heterocycles. The van der Waals surface area contributed by atoms with Gasteiger partial charge in [-0.3, -0.25) is 10.0 Å². The number of ether oxygens (including phenoxy) is 2. The Balaban J connectivity index is 1.67. The second kappa shape index (κ2) is 9.77. The summed E-state index contributed by atoms with van der Waals surface area (Å²) in [4.78, 5) is 14.4. The molecule has 0 unspecified atom stereocenters. The molecule has 1 amide bonds. The van der Waals surface area contributed by atoms with E-state index < -0.39 is 5.91 Å². The predicted octanol–water partition coefficient (Wildman–Crippen LogP) is 2.90. The van der Waals surface area contributed by atoms with E-state index in [0.717, 1.165) is 17.5 Å². The number of fused-ring (bicyclic) bond motifs is 1. The Morgan fingerprint density at radius 2 is 2.07 bits per heavy atom. The van der Waals surface area contributed by atoms with Gasteiger partial charge in [-0.1, -0.05) is 24.3 Å². The zero-order valence-electron chi connectivity index (χ0n) is 16.4. The minimum absolute atomic E-state index is 0.117. The van der Waals surface area contributed by atoms with Crippen LogP contribution in [0.4, 0.5) is 0 Å². The fourth-order valence-electron chi connectivity index (χ4n) is 3.12. The van der Waals surface area contributed by atoms with Gasteiger partial charge in [0.15, 0.2) is 11.5 Å². The van der Waals surface area contributed by atoms with Gasteiger partial charge in [-0.25, -0.2) is 5.48 Å². The maximum atomic E-state index is 11.1. The van der Waals surface area contributed by atoms with E-state index in [0.29, 0.717) is 18.1 Å². The third-order valence-corrected chi connectivity index (χ3v) is 4.71. The van der Waals surface area contributed by atoms with Gasteiger partial charge in [-0.15, -0.1) is 0 Å². The molecule has 7 nitrogen and oxygen atoms in total. The van der Waals surface area contributed by atoms with Crippen molar-refractivity contribution in [3.05, 3.63) is 65.9 Å². The van der Waals surface area contributed by atoms with Gasteiger partial charge in [0.2, 0.25) is 0 Å². The van der Waals surface area contributed by atoms with Crippen molar-refractivity contribution in [3.63, 3.8) is 0 Å². The normalized spacial score (nSPS) is 12.2. The molecule has 0 fully saturated rings. The molecule has 152 valence electrons. The van der Waals surface area contributed by atoms with E-state index in [1.807, 2.05) is 31.4 Å². The first-order valence-corrected chi connectivity index (χ1v) is 9.30. The maximum Gasteiger partial charge on any atom is 0.267 e. The number of carbonyl (C=O) groups is 1. The first-order valence-electron chi connectivity index (χ1n) is 9.30. The van der Waals surface area contributed by atoms with Crippen molar-refractivity contribution in [2.45, 2.75) is 12.5 Å². The SMILES string of the molecule is CN[C@H](COc1ccc(/C=C/C(=O)NO)cc1OC)Cc1c[nH]c2ccccc12. The molecule has 0 aliphatic rings. The molecule has 0 saturated carbocycles. The lowest BCUT2D eigenvalue weighted by Crippen LogP contribution is -2.33. The number of hydroxylamine groups is 1. The zero-order valence-corrected chi connectivity index (χ0v) is 16.4. The topological polar surface area (TPSA) is 95.6 Å². The molecular weight excluding hydrogens is 370 g/mol. The van der Waals surface area contributed by atoms with Crippen molar-refractivity contribution in [2.24, 2.45) is 0 Å². The second-order valence-electron chi connectivity index (χ2n) is 6.58. The molecule has 1 atom stereocenters. The quantitative estimate of drug-likeness (QED) is 0.254. The van der Waals surface area contributed by atoms with Crippen LogP contribution >= 0.6 is 0 Å². The number of hydrogen-bond donors (Lipinski definition) is 4. The summed E-state index contributed by atoms with van der Waals surface area (Å²) in [5.74, 6) is 0.590. The molecule has 3 aromatic rings. The van der Waals surface area contributed by atoms with Gasteiger partial charge in [0.05, 0.1) is 7.11 Å². The van der Waals surface area contributed by atoms with Crippen molar-refractivity contribution in [1.82, 2.24) is 15.8 Å². The largest absolute Gasteiger partial charge is 0.493 e. The minimum atomic E-state index is -0.599. The summed E-state index contributed by atoms with van der Waals surface area (Å²) in [5, 5.41) is 13.1. The first kappa shape index (κ1) is 20.4. The van der Waals surface area contributed by atoms with Crippen molar-refractivity contribution >= 4 is 22.9 Å². The van der Waals surface area contributed by atoms with Crippen molar-refractivity contribution in [3.8, 4) is 11.5 Å². The van der Waals surface area contributed by atoms with Crippen LogP contribution in [-0.2, 0) is 11.2 Å². The van der Waals surface area contributed by atoms with Gasteiger partial charge in [-0.05, 0) is 48.9 Å². The van der Waals surface area contributed by atoms with Crippen LogP contribution in [0.1, 0.15) is 11.1 Å². The first-order chi connectivity index (χ1) is 14.1. The van der Waals surface area contributed by atoms with E-state index in [1.165, 1.54) is 17.0 Å². The Hall–Kier alpha value is -3.29. The molecule has 1 aromatic heterocycles. The van der Waals surface area contributed by atoms with Crippen LogP contribution in [0.2, 0.25) is 0 Å². The van der Waals surface area contributed by atoms with Crippen LogP contribution in [0.15, 0.2) is 54.7 Å². The summed E-state index contributed by atoms with van der Waals surface area (Å²) in [6.45, 7) is 0.467. The van der Waals surface area contributed by atoms with Gasteiger partial charge in [-0.2, -0.15) is 0 Å². The molecule has 1 heterocycles. The highest BCUT2D eigenvalue weighted by molar-refractivity contribution is 5.90. The van der Waals surface area contributed by atoms with Crippen LogP contribution < -0.4 is 20.3 Å². The number of H-pyrrole nitrogens is 1. The number of para-hydroxylation sites is 1. The van der Waals surface area contributed by atoms with Gasteiger partial charge in [0, 0.05) is 29.2 Å². The van der Waals surface area contributed by atoms with Gasteiger partial charge in [0.25, 0.3) is 5.91 Å². The number of nitrogens with one attached hydrogen (secondary N) is 3. The number of rotatable bonds is 9. The zero-order chi connectivity index (χ0) is 20.6. The monoisotopic (exact) mass is 395 g/mol. The Morgan fingerprint density at radius 3 is 2.83 bits per heavy atom. The highest BCUT2D eigenvalue weighted by Crippen LogP contribution is 2.29. The molecule has 0 saturated heterocycles. The lowest BCUT2D eigenvalue weighted by atomic mass is 10.1. The minimum Gasteiger partial charge on any atom is -0.493 e. The predicted molar refractivity (Wildman–Crippen MR) is 112 cm³/mol. The van der Waals surface area contributed by atoms with Crippen LogP contribution in [0, 0.1) is 0 Å². The summed E-state index contributed by atoms with van der Waals surface area (Å²) in [5.41, 5.74) is 4.66. The van der Waals surface area contributed by atoms with E-state index in [1.54, 1.807) is 30.8 Å². The Bertz CT molecular complexity index is 997. The van der Waals surface area contributed by atoms with E-state index >= 15 is 0 Å². The van der Waals surface area contributed by atoms with E-state index in [2.05, 4.69) is 22.4 Å². The number of aromatic nitrogens is 1. The molecule has 7 heteroatoms. The van der Waals surface area contributed by atoms with E-state index in [9.17, 15) is 4.79 Å². The average molecular weight is 395 g/mol.